The number of piperazine rings is 1. The first-order chi connectivity index (χ1) is 11.9. The molecule has 0 aromatic heterocycles. The molecule has 0 saturated carbocycles. The number of alkyl halides is 3. The van der Waals surface area contributed by atoms with Gasteiger partial charge in [-0.1, -0.05) is 46.3 Å². The Bertz CT molecular complexity index is 693. The van der Waals surface area contributed by atoms with Crippen molar-refractivity contribution in [2.45, 2.75) is 19.3 Å². The molecule has 1 saturated heterocycles. The highest BCUT2D eigenvalue weighted by Gasteiger charge is 2.33. The van der Waals surface area contributed by atoms with Crippen molar-refractivity contribution < 1.29 is 13.2 Å². The molecule has 0 aliphatic carbocycles. The largest absolute Gasteiger partial charge is 0.416 e. The standard InChI is InChI=1S/C19H20BrF3N2/c20-17-7-5-15(6-8-17)13-24-9-11-25(12-10-24)14-16-3-1-2-4-18(16)19(21,22)23/h1-8H,9-14H2. The first kappa shape index (κ1) is 18.4. The average molecular weight is 413 g/mol. The van der Waals surface area contributed by atoms with Crippen LogP contribution in [0.1, 0.15) is 16.7 Å². The van der Waals surface area contributed by atoms with Crippen LogP contribution in [0.5, 0.6) is 0 Å². The van der Waals surface area contributed by atoms with Crippen molar-refractivity contribution in [3.8, 4) is 0 Å². The van der Waals surface area contributed by atoms with Crippen molar-refractivity contribution in [3.05, 3.63) is 69.7 Å². The normalized spacial score (nSPS) is 17.0. The number of halogens is 4. The molecule has 134 valence electrons. The van der Waals surface area contributed by atoms with E-state index >= 15 is 0 Å². The van der Waals surface area contributed by atoms with Crippen LogP contribution in [-0.2, 0) is 19.3 Å². The van der Waals surface area contributed by atoms with E-state index in [4.69, 9.17) is 0 Å². The molecule has 1 aliphatic heterocycles. The average Bonchev–Trinajstić information content (AvgIpc) is 2.58. The van der Waals surface area contributed by atoms with Crippen molar-refractivity contribution in [1.29, 1.82) is 0 Å². The topological polar surface area (TPSA) is 6.48 Å². The minimum Gasteiger partial charge on any atom is -0.297 e. The van der Waals surface area contributed by atoms with Gasteiger partial charge in [0.1, 0.15) is 0 Å². The Balaban J connectivity index is 1.56. The summed E-state index contributed by atoms with van der Waals surface area (Å²) in [6.07, 6.45) is -4.29. The highest BCUT2D eigenvalue weighted by Crippen LogP contribution is 2.32. The minimum absolute atomic E-state index is 0.349. The predicted octanol–water partition coefficient (Wildman–Crippen LogP) is 4.79. The Kier molecular flexibility index (Phi) is 5.81. The van der Waals surface area contributed by atoms with Gasteiger partial charge in [0.15, 0.2) is 0 Å². The summed E-state index contributed by atoms with van der Waals surface area (Å²) < 4.78 is 40.4. The zero-order valence-corrected chi connectivity index (χ0v) is 15.4. The molecule has 2 aromatic carbocycles. The molecule has 0 spiro atoms. The molecular weight excluding hydrogens is 393 g/mol. The Morgan fingerprint density at radius 2 is 1.36 bits per heavy atom. The van der Waals surface area contributed by atoms with Crippen molar-refractivity contribution >= 4 is 15.9 Å². The third-order valence-corrected chi connectivity index (χ3v) is 5.03. The van der Waals surface area contributed by atoms with Crippen LogP contribution in [0.3, 0.4) is 0 Å². The first-order valence-electron chi connectivity index (χ1n) is 8.26. The summed E-state index contributed by atoms with van der Waals surface area (Å²) in [5.41, 5.74) is 1.09. The number of nitrogens with zero attached hydrogens (tertiary/aromatic N) is 2. The fourth-order valence-corrected chi connectivity index (χ4v) is 3.39. The zero-order valence-electron chi connectivity index (χ0n) is 13.8. The maximum atomic E-state index is 13.1. The van der Waals surface area contributed by atoms with Gasteiger partial charge in [0, 0.05) is 43.7 Å². The zero-order chi connectivity index (χ0) is 17.9. The molecule has 1 fully saturated rings. The van der Waals surface area contributed by atoms with Gasteiger partial charge in [-0.2, -0.15) is 13.2 Å². The van der Waals surface area contributed by atoms with E-state index < -0.39 is 11.7 Å². The lowest BCUT2D eigenvalue weighted by molar-refractivity contribution is -0.138. The van der Waals surface area contributed by atoms with E-state index in [2.05, 4.69) is 37.9 Å². The lowest BCUT2D eigenvalue weighted by Crippen LogP contribution is -2.45. The fraction of sp³-hybridized carbons (Fsp3) is 0.368. The molecule has 0 atom stereocenters. The lowest BCUT2D eigenvalue weighted by Gasteiger charge is -2.35. The Labute approximate surface area is 154 Å². The quantitative estimate of drug-likeness (QED) is 0.712. The molecular formula is C19H20BrF3N2. The molecule has 2 nitrogen and oxygen atoms in total. The van der Waals surface area contributed by atoms with Gasteiger partial charge < -0.3 is 0 Å². The first-order valence-corrected chi connectivity index (χ1v) is 9.05. The lowest BCUT2D eigenvalue weighted by atomic mass is 10.1. The van der Waals surface area contributed by atoms with E-state index in [0.717, 1.165) is 37.2 Å². The van der Waals surface area contributed by atoms with Crippen molar-refractivity contribution in [2.75, 3.05) is 26.2 Å². The van der Waals surface area contributed by atoms with E-state index in [9.17, 15) is 13.2 Å². The van der Waals surface area contributed by atoms with Gasteiger partial charge in [0.25, 0.3) is 0 Å². The van der Waals surface area contributed by atoms with Crippen LogP contribution in [0.15, 0.2) is 53.0 Å². The fourth-order valence-electron chi connectivity index (χ4n) is 3.13. The summed E-state index contributed by atoms with van der Waals surface area (Å²) in [7, 11) is 0. The molecule has 1 aliphatic rings. The maximum absolute atomic E-state index is 13.1. The summed E-state index contributed by atoms with van der Waals surface area (Å²) in [5.74, 6) is 0. The van der Waals surface area contributed by atoms with Crippen LogP contribution < -0.4 is 0 Å². The van der Waals surface area contributed by atoms with E-state index in [1.807, 2.05) is 12.1 Å². The van der Waals surface area contributed by atoms with Gasteiger partial charge in [0.2, 0.25) is 0 Å². The van der Waals surface area contributed by atoms with E-state index in [0.29, 0.717) is 12.1 Å². The van der Waals surface area contributed by atoms with Crippen molar-refractivity contribution in [2.24, 2.45) is 0 Å². The third kappa shape index (κ3) is 5.06. The van der Waals surface area contributed by atoms with E-state index in [-0.39, 0.29) is 0 Å². The van der Waals surface area contributed by atoms with Gasteiger partial charge in [-0.05, 0) is 29.3 Å². The van der Waals surface area contributed by atoms with Crippen molar-refractivity contribution in [1.82, 2.24) is 9.80 Å². The van der Waals surface area contributed by atoms with Crippen LogP contribution in [0, 0.1) is 0 Å². The highest BCUT2D eigenvalue weighted by molar-refractivity contribution is 9.10. The molecule has 1 heterocycles. The van der Waals surface area contributed by atoms with E-state index in [1.165, 1.54) is 17.7 Å². The van der Waals surface area contributed by atoms with Gasteiger partial charge >= 0.3 is 6.18 Å². The predicted molar refractivity (Wildman–Crippen MR) is 96.1 cm³/mol. The van der Waals surface area contributed by atoms with Crippen LogP contribution in [-0.4, -0.2) is 36.0 Å². The number of hydrogen-bond acceptors (Lipinski definition) is 2. The second-order valence-corrected chi connectivity index (χ2v) is 7.25. The third-order valence-electron chi connectivity index (χ3n) is 4.50. The molecule has 0 radical (unpaired) electrons. The Morgan fingerprint density at radius 3 is 1.96 bits per heavy atom. The number of benzene rings is 2. The molecule has 0 bridgehead atoms. The molecule has 2 aromatic rings. The summed E-state index contributed by atoms with van der Waals surface area (Å²) in [4.78, 5) is 4.44. The van der Waals surface area contributed by atoms with E-state index in [1.54, 1.807) is 12.1 Å². The maximum Gasteiger partial charge on any atom is 0.416 e. The minimum atomic E-state index is -4.29. The van der Waals surface area contributed by atoms with Crippen molar-refractivity contribution in [3.63, 3.8) is 0 Å². The second kappa shape index (κ2) is 7.89. The van der Waals surface area contributed by atoms with Crippen LogP contribution in [0.2, 0.25) is 0 Å². The summed E-state index contributed by atoms with van der Waals surface area (Å²) in [6.45, 7) is 4.52. The molecule has 3 rings (SSSR count). The summed E-state index contributed by atoms with van der Waals surface area (Å²) >= 11 is 3.43. The summed E-state index contributed by atoms with van der Waals surface area (Å²) in [6, 6.07) is 14.1. The van der Waals surface area contributed by atoms with Gasteiger partial charge in [-0.25, -0.2) is 0 Å². The van der Waals surface area contributed by atoms with Gasteiger partial charge in [-0.15, -0.1) is 0 Å². The highest BCUT2D eigenvalue weighted by atomic mass is 79.9. The van der Waals surface area contributed by atoms with Gasteiger partial charge in [-0.3, -0.25) is 9.80 Å². The SMILES string of the molecule is FC(F)(F)c1ccccc1CN1CCN(Cc2ccc(Br)cc2)CC1. The monoisotopic (exact) mass is 412 g/mol. The molecule has 0 unspecified atom stereocenters. The summed E-state index contributed by atoms with van der Waals surface area (Å²) in [5, 5.41) is 0. The van der Waals surface area contributed by atoms with Crippen LogP contribution in [0.25, 0.3) is 0 Å². The number of hydrogen-bond donors (Lipinski definition) is 0. The molecule has 25 heavy (non-hydrogen) atoms. The van der Waals surface area contributed by atoms with Crippen LogP contribution >= 0.6 is 15.9 Å². The molecule has 6 heteroatoms. The smallest absolute Gasteiger partial charge is 0.297 e. The van der Waals surface area contributed by atoms with Gasteiger partial charge in [0.05, 0.1) is 5.56 Å². The number of rotatable bonds is 4. The molecule has 0 N–H and O–H groups in total. The Hall–Kier alpha value is -1.37. The second-order valence-electron chi connectivity index (χ2n) is 6.33. The molecule has 0 amide bonds. The van der Waals surface area contributed by atoms with Crippen LogP contribution in [0.4, 0.5) is 13.2 Å². The Morgan fingerprint density at radius 1 is 0.800 bits per heavy atom.